The molecule has 0 radical (unpaired) electrons. The lowest BCUT2D eigenvalue weighted by atomic mass is 10.2. The zero-order chi connectivity index (χ0) is 14.6. The largest absolute Gasteiger partial charge is 0.328 e. The minimum absolute atomic E-state index is 0.0460. The maximum atomic E-state index is 13.7. The van der Waals surface area contributed by atoms with Crippen LogP contribution in [0.15, 0.2) is 23.1 Å². The molecular weight excluding hydrogens is 293 g/mol. The Morgan fingerprint density at radius 3 is 2.58 bits per heavy atom. The van der Waals surface area contributed by atoms with Crippen LogP contribution in [0.3, 0.4) is 0 Å². The van der Waals surface area contributed by atoms with Crippen molar-refractivity contribution in [2.45, 2.75) is 11.8 Å². The molecule has 0 heterocycles. The van der Waals surface area contributed by atoms with Crippen molar-refractivity contribution in [2.24, 2.45) is 0 Å². The number of terminal acetylenes is 1. The average Bonchev–Trinajstić information content (AvgIpc) is 2.34. The molecule has 0 aliphatic carbocycles. The van der Waals surface area contributed by atoms with E-state index < -0.39 is 25.7 Å². The van der Waals surface area contributed by atoms with Gasteiger partial charge in [0.15, 0.2) is 0 Å². The van der Waals surface area contributed by atoms with Crippen LogP contribution >= 0.6 is 10.7 Å². The number of amides is 1. The van der Waals surface area contributed by atoms with Gasteiger partial charge in [0.05, 0.1) is 17.0 Å². The first-order valence-corrected chi connectivity index (χ1v) is 7.59. The summed E-state index contributed by atoms with van der Waals surface area (Å²) in [5.41, 5.74) is -0.249. The van der Waals surface area contributed by atoms with Crippen LogP contribution in [0.1, 0.15) is 17.3 Å². The van der Waals surface area contributed by atoms with E-state index in [2.05, 4.69) is 5.92 Å². The molecule has 19 heavy (non-hydrogen) atoms. The van der Waals surface area contributed by atoms with Gasteiger partial charge in [0.2, 0.25) is 0 Å². The molecule has 1 aromatic carbocycles. The average molecular weight is 304 g/mol. The topological polar surface area (TPSA) is 54.5 Å². The molecule has 0 aromatic heterocycles. The minimum Gasteiger partial charge on any atom is -0.328 e. The highest BCUT2D eigenvalue weighted by atomic mass is 35.7. The lowest BCUT2D eigenvalue weighted by Gasteiger charge is -2.18. The Bertz CT molecular complexity index is 637. The predicted octanol–water partition coefficient (Wildman–Crippen LogP) is 1.85. The second-order valence-corrected chi connectivity index (χ2v) is 6.17. The highest BCUT2D eigenvalue weighted by molar-refractivity contribution is 8.13. The number of benzene rings is 1. The number of hydrogen-bond donors (Lipinski definition) is 0. The number of nitrogens with zero attached hydrogens (tertiary/aromatic N) is 1. The van der Waals surface area contributed by atoms with Gasteiger partial charge in [-0.2, -0.15) is 0 Å². The van der Waals surface area contributed by atoms with Crippen LogP contribution in [0.25, 0.3) is 0 Å². The molecular formula is C12H11ClFNO3S. The van der Waals surface area contributed by atoms with Crippen molar-refractivity contribution < 1.29 is 17.6 Å². The molecule has 0 unspecified atom stereocenters. The maximum absolute atomic E-state index is 13.7. The standard InChI is InChI=1S/C12H11ClFNO3S/c1-3-7-15(4-2)12(16)10-6-5-9(8-11(10)14)19(13,17)18/h1,5-6,8H,4,7H2,2H3. The number of halogens is 2. The van der Waals surface area contributed by atoms with Gasteiger partial charge in [0.1, 0.15) is 5.82 Å². The van der Waals surface area contributed by atoms with Gasteiger partial charge in [-0.25, -0.2) is 12.8 Å². The molecule has 0 aliphatic rings. The Balaban J connectivity index is 3.17. The van der Waals surface area contributed by atoms with Crippen molar-refractivity contribution in [1.29, 1.82) is 0 Å². The van der Waals surface area contributed by atoms with Gasteiger partial charge in [-0.15, -0.1) is 6.42 Å². The van der Waals surface area contributed by atoms with Gasteiger partial charge < -0.3 is 4.90 Å². The third kappa shape index (κ3) is 3.69. The van der Waals surface area contributed by atoms with Gasteiger partial charge in [0.25, 0.3) is 15.0 Å². The Hall–Kier alpha value is -1.58. The summed E-state index contributed by atoms with van der Waals surface area (Å²) in [6.07, 6.45) is 5.11. The first-order chi connectivity index (χ1) is 8.81. The fourth-order valence-electron chi connectivity index (χ4n) is 1.43. The normalized spacial score (nSPS) is 10.8. The van der Waals surface area contributed by atoms with E-state index in [1.54, 1.807) is 6.92 Å². The molecule has 1 rings (SSSR count). The summed E-state index contributed by atoms with van der Waals surface area (Å²) < 4.78 is 35.8. The summed E-state index contributed by atoms with van der Waals surface area (Å²) >= 11 is 0. The van der Waals surface area contributed by atoms with Gasteiger partial charge in [0, 0.05) is 17.2 Å². The fraction of sp³-hybridized carbons (Fsp3) is 0.250. The molecule has 0 atom stereocenters. The Morgan fingerprint density at radius 1 is 1.53 bits per heavy atom. The second kappa shape index (κ2) is 6.04. The molecule has 0 saturated heterocycles. The molecule has 4 nitrogen and oxygen atoms in total. The van der Waals surface area contributed by atoms with Crippen LogP contribution in [0, 0.1) is 18.2 Å². The van der Waals surface area contributed by atoms with Crippen molar-refractivity contribution in [1.82, 2.24) is 4.90 Å². The lowest BCUT2D eigenvalue weighted by molar-refractivity contribution is 0.0780. The number of hydrogen-bond acceptors (Lipinski definition) is 3. The molecule has 102 valence electrons. The van der Waals surface area contributed by atoms with Crippen LogP contribution in [-0.2, 0) is 9.05 Å². The number of carbonyl (C=O) groups excluding carboxylic acids is 1. The van der Waals surface area contributed by atoms with E-state index in [1.807, 2.05) is 0 Å². The summed E-state index contributed by atoms with van der Waals surface area (Å²) in [4.78, 5) is 12.8. The Kier molecular flexibility index (Phi) is 4.92. The predicted molar refractivity (Wildman–Crippen MR) is 69.8 cm³/mol. The molecule has 1 amide bonds. The van der Waals surface area contributed by atoms with Gasteiger partial charge in [-0.3, -0.25) is 4.79 Å². The van der Waals surface area contributed by atoms with Crippen molar-refractivity contribution in [2.75, 3.05) is 13.1 Å². The van der Waals surface area contributed by atoms with Crippen LogP contribution in [0.5, 0.6) is 0 Å². The summed E-state index contributed by atoms with van der Waals surface area (Å²) in [5, 5.41) is 0. The Labute approximate surface area is 115 Å². The Morgan fingerprint density at radius 2 is 2.16 bits per heavy atom. The van der Waals surface area contributed by atoms with Crippen molar-refractivity contribution in [3.63, 3.8) is 0 Å². The van der Waals surface area contributed by atoms with Crippen molar-refractivity contribution >= 4 is 25.6 Å². The van der Waals surface area contributed by atoms with E-state index >= 15 is 0 Å². The lowest BCUT2D eigenvalue weighted by Crippen LogP contribution is -2.31. The summed E-state index contributed by atoms with van der Waals surface area (Å²) in [6.45, 7) is 2.06. The zero-order valence-corrected chi connectivity index (χ0v) is 11.6. The molecule has 0 bridgehead atoms. The van der Waals surface area contributed by atoms with Crippen LogP contribution in [0.2, 0.25) is 0 Å². The minimum atomic E-state index is -4.03. The van der Waals surface area contributed by atoms with Gasteiger partial charge in [-0.1, -0.05) is 5.92 Å². The van der Waals surface area contributed by atoms with E-state index in [-0.39, 0.29) is 12.1 Å². The van der Waals surface area contributed by atoms with Crippen molar-refractivity contribution in [3.8, 4) is 12.3 Å². The van der Waals surface area contributed by atoms with E-state index in [1.165, 1.54) is 4.90 Å². The molecule has 0 aliphatic heterocycles. The smallest absolute Gasteiger partial charge is 0.261 e. The van der Waals surface area contributed by atoms with E-state index in [9.17, 15) is 17.6 Å². The maximum Gasteiger partial charge on any atom is 0.261 e. The quantitative estimate of drug-likeness (QED) is 0.630. The number of carbonyl (C=O) groups is 1. The monoisotopic (exact) mass is 303 g/mol. The van der Waals surface area contributed by atoms with E-state index in [0.717, 1.165) is 12.1 Å². The molecule has 0 spiro atoms. The van der Waals surface area contributed by atoms with Crippen LogP contribution in [-0.4, -0.2) is 32.3 Å². The van der Waals surface area contributed by atoms with Gasteiger partial charge in [-0.05, 0) is 25.1 Å². The second-order valence-electron chi connectivity index (χ2n) is 3.60. The fourth-order valence-corrected chi connectivity index (χ4v) is 2.19. The highest BCUT2D eigenvalue weighted by Crippen LogP contribution is 2.19. The molecule has 0 saturated carbocycles. The SMILES string of the molecule is C#CCN(CC)C(=O)c1ccc(S(=O)(=O)Cl)cc1F. The summed E-state index contributed by atoms with van der Waals surface area (Å²) in [5.74, 6) is 0.733. The van der Waals surface area contributed by atoms with E-state index in [0.29, 0.717) is 12.6 Å². The third-order valence-electron chi connectivity index (χ3n) is 2.40. The highest BCUT2D eigenvalue weighted by Gasteiger charge is 2.20. The summed E-state index contributed by atoms with van der Waals surface area (Å²) in [7, 11) is 1.06. The van der Waals surface area contributed by atoms with Gasteiger partial charge >= 0.3 is 0 Å². The van der Waals surface area contributed by atoms with Crippen molar-refractivity contribution in [3.05, 3.63) is 29.6 Å². The molecule has 7 heteroatoms. The number of rotatable bonds is 4. The molecule has 0 fully saturated rings. The molecule has 0 N–H and O–H groups in total. The first kappa shape index (κ1) is 15.5. The van der Waals surface area contributed by atoms with E-state index in [4.69, 9.17) is 17.1 Å². The summed E-state index contributed by atoms with van der Waals surface area (Å²) in [6, 6.07) is 2.85. The van der Waals surface area contributed by atoms with Crippen LogP contribution in [0.4, 0.5) is 4.39 Å². The molecule has 1 aromatic rings. The first-order valence-electron chi connectivity index (χ1n) is 5.28. The van der Waals surface area contributed by atoms with Crippen LogP contribution < -0.4 is 0 Å². The third-order valence-corrected chi connectivity index (χ3v) is 3.76. The zero-order valence-electron chi connectivity index (χ0n) is 10.1.